The first-order valence-electron chi connectivity index (χ1n) is 9.47. The highest BCUT2D eigenvalue weighted by atomic mass is 35.5. The lowest BCUT2D eigenvalue weighted by atomic mass is 10.1. The lowest BCUT2D eigenvalue weighted by molar-refractivity contribution is 0.0955. The third-order valence-electron chi connectivity index (χ3n) is 4.57. The third kappa shape index (κ3) is 5.04. The number of halogens is 1. The molecule has 0 atom stereocenters. The first-order chi connectivity index (χ1) is 14.7. The lowest BCUT2D eigenvalue weighted by Crippen LogP contribution is -2.17. The van der Waals surface area contributed by atoms with Gasteiger partial charge in [0.25, 0.3) is 5.91 Å². The summed E-state index contributed by atoms with van der Waals surface area (Å²) >= 11 is 5.98. The summed E-state index contributed by atoms with van der Waals surface area (Å²) in [5, 5.41) is 6.85. The van der Waals surface area contributed by atoms with Crippen molar-refractivity contribution in [3.05, 3.63) is 113 Å². The Kier molecular flexibility index (Phi) is 6.06. The van der Waals surface area contributed by atoms with Gasteiger partial charge in [0.1, 0.15) is 12.4 Å². The van der Waals surface area contributed by atoms with Crippen molar-refractivity contribution < 1.29 is 9.53 Å². The molecule has 0 aromatic heterocycles. The van der Waals surface area contributed by atoms with E-state index in [1.54, 1.807) is 12.3 Å². The van der Waals surface area contributed by atoms with Crippen molar-refractivity contribution >= 4 is 34.5 Å². The molecule has 0 radical (unpaired) electrons. The Morgan fingerprint density at radius 3 is 2.50 bits per heavy atom. The van der Waals surface area contributed by atoms with Crippen molar-refractivity contribution in [3.63, 3.8) is 0 Å². The molecular formula is C25H19ClN2O2. The zero-order valence-electron chi connectivity index (χ0n) is 16.1. The highest BCUT2D eigenvalue weighted by molar-refractivity contribution is 6.30. The Labute approximate surface area is 179 Å². The van der Waals surface area contributed by atoms with Gasteiger partial charge in [0.15, 0.2) is 0 Å². The van der Waals surface area contributed by atoms with Gasteiger partial charge in [-0.05, 0) is 70.4 Å². The van der Waals surface area contributed by atoms with Gasteiger partial charge in [0, 0.05) is 10.6 Å². The molecule has 1 N–H and O–H groups in total. The number of carbonyl (C=O) groups excluding carboxylic acids is 1. The molecule has 0 unspecified atom stereocenters. The molecule has 0 saturated heterocycles. The number of nitrogens with one attached hydrogen (secondary N) is 1. The van der Waals surface area contributed by atoms with E-state index in [0.29, 0.717) is 17.2 Å². The molecule has 1 amide bonds. The lowest BCUT2D eigenvalue weighted by Gasteiger charge is -2.07. The predicted octanol–water partition coefficient (Wildman–Crippen LogP) is 5.84. The number of rotatable bonds is 6. The number of hydrazone groups is 1. The molecule has 0 fully saturated rings. The normalized spacial score (nSPS) is 11.0. The summed E-state index contributed by atoms with van der Waals surface area (Å²) in [5.74, 6) is 0.491. The minimum atomic E-state index is -0.251. The van der Waals surface area contributed by atoms with E-state index in [-0.39, 0.29) is 5.91 Å². The molecule has 0 spiro atoms. The molecule has 30 heavy (non-hydrogen) atoms. The van der Waals surface area contributed by atoms with Gasteiger partial charge < -0.3 is 4.74 Å². The van der Waals surface area contributed by atoms with E-state index in [4.69, 9.17) is 16.3 Å². The molecule has 4 aromatic carbocycles. The Hall–Kier alpha value is -3.63. The minimum absolute atomic E-state index is 0.251. The molecule has 4 rings (SSSR count). The molecule has 4 nitrogen and oxygen atoms in total. The summed E-state index contributed by atoms with van der Waals surface area (Å²) < 4.78 is 5.76. The SMILES string of the molecule is O=C(N/N=C\c1ccc(OCc2cccc(Cl)c2)cc1)c1ccc2ccccc2c1. The Bertz CT molecular complexity index is 1200. The van der Waals surface area contributed by atoms with Gasteiger partial charge in [-0.2, -0.15) is 5.10 Å². The standard InChI is InChI=1S/C25H19ClN2O2/c26-23-7-3-4-19(14-23)17-30-24-12-8-18(9-13-24)16-27-28-25(29)22-11-10-20-5-1-2-6-21(20)15-22/h1-16H,17H2,(H,28,29)/b27-16-. The molecule has 5 heteroatoms. The number of nitrogens with zero attached hydrogens (tertiary/aromatic N) is 1. The van der Waals surface area contributed by atoms with Crippen molar-refractivity contribution in [1.29, 1.82) is 0 Å². The number of fused-ring (bicyclic) bond motifs is 1. The van der Waals surface area contributed by atoms with Crippen molar-refractivity contribution in [2.75, 3.05) is 0 Å². The molecule has 0 heterocycles. The molecule has 0 aliphatic heterocycles. The highest BCUT2D eigenvalue weighted by Gasteiger charge is 2.05. The molecule has 0 aliphatic rings. The fourth-order valence-corrected chi connectivity index (χ4v) is 3.22. The maximum atomic E-state index is 12.3. The second-order valence-corrected chi connectivity index (χ2v) is 7.19. The van der Waals surface area contributed by atoms with Gasteiger partial charge >= 0.3 is 0 Å². The van der Waals surface area contributed by atoms with Crippen molar-refractivity contribution in [1.82, 2.24) is 5.43 Å². The van der Waals surface area contributed by atoms with E-state index in [2.05, 4.69) is 10.5 Å². The van der Waals surface area contributed by atoms with Crippen LogP contribution in [0.4, 0.5) is 0 Å². The van der Waals surface area contributed by atoms with E-state index in [9.17, 15) is 4.79 Å². The van der Waals surface area contributed by atoms with E-state index >= 15 is 0 Å². The maximum absolute atomic E-state index is 12.3. The van der Waals surface area contributed by atoms with Crippen LogP contribution in [0.2, 0.25) is 5.02 Å². The first kappa shape index (κ1) is 19.7. The minimum Gasteiger partial charge on any atom is -0.489 e. The Morgan fingerprint density at radius 1 is 0.900 bits per heavy atom. The van der Waals surface area contributed by atoms with Crippen LogP contribution in [0.15, 0.2) is 96.1 Å². The van der Waals surface area contributed by atoms with Crippen LogP contribution in [0.5, 0.6) is 5.75 Å². The van der Waals surface area contributed by atoms with Crippen LogP contribution < -0.4 is 10.2 Å². The third-order valence-corrected chi connectivity index (χ3v) is 4.80. The van der Waals surface area contributed by atoms with Gasteiger partial charge in [-0.1, -0.05) is 54.1 Å². The molecule has 0 aliphatic carbocycles. The monoisotopic (exact) mass is 414 g/mol. The quantitative estimate of drug-likeness (QED) is 0.318. The summed E-state index contributed by atoms with van der Waals surface area (Å²) in [6.07, 6.45) is 1.60. The summed E-state index contributed by atoms with van der Waals surface area (Å²) in [4.78, 5) is 12.3. The van der Waals surface area contributed by atoms with Crippen LogP contribution >= 0.6 is 11.6 Å². The molecule has 148 valence electrons. The van der Waals surface area contributed by atoms with Crippen molar-refractivity contribution in [2.24, 2.45) is 5.10 Å². The smallest absolute Gasteiger partial charge is 0.271 e. The average Bonchev–Trinajstić information content (AvgIpc) is 2.78. The number of benzene rings is 4. The second kappa shape index (κ2) is 9.25. The van der Waals surface area contributed by atoms with Gasteiger partial charge in [-0.25, -0.2) is 5.43 Å². The second-order valence-electron chi connectivity index (χ2n) is 6.75. The molecule has 4 aromatic rings. The fourth-order valence-electron chi connectivity index (χ4n) is 3.00. The Morgan fingerprint density at radius 2 is 1.70 bits per heavy atom. The van der Waals surface area contributed by atoms with Gasteiger partial charge in [0.05, 0.1) is 6.21 Å². The maximum Gasteiger partial charge on any atom is 0.271 e. The van der Waals surface area contributed by atoms with Crippen LogP contribution in [0.3, 0.4) is 0 Å². The summed E-state index contributed by atoms with van der Waals surface area (Å²) in [6.45, 7) is 0.440. The van der Waals surface area contributed by atoms with E-state index in [1.165, 1.54) is 0 Å². The van der Waals surface area contributed by atoms with Crippen LogP contribution in [0.25, 0.3) is 10.8 Å². The van der Waals surface area contributed by atoms with E-state index in [1.807, 2.05) is 84.9 Å². The number of carbonyl (C=O) groups is 1. The fraction of sp³-hybridized carbons (Fsp3) is 0.0400. The summed E-state index contributed by atoms with van der Waals surface area (Å²) in [5.41, 5.74) is 4.99. The number of ether oxygens (including phenoxy) is 1. The van der Waals surface area contributed by atoms with Gasteiger partial charge in [-0.3, -0.25) is 4.79 Å². The largest absolute Gasteiger partial charge is 0.489 e. The molecule has 0 saturated carbocycles. The average molecular weight is 415 g/mol. The topological polar surface area (TPSA) is 50.7 Å². The van der Waals surface area contributed by atoms with Gasteiger partial charge in [-0.15, -0.1) is 0 Å². The van der Waals surface area contributed by atoms with Crippen LogP contribution in [-0.4, -0.2) is 12.1 Å². The van der Waals surface area contributed by atoms with Crippen LogP contribution in [-0.2, 0) is 6.61 Å². The number of amides is 1. The number of hydrogen-bond donors (Lipinski definition) is 1. The van der Waals surface area contributed by atoms with Crippen LogP contribution in [0, 0.1) is 0 Å². The van der Waals surface area contributed by atoms with Gasteiger partial charge in [0.2, 0.25) is 0 Å². The van der Waals surface area contributed by atoms with Crippen LogP contribution in [0.1, 0.15) is 21.5 Å². The zero-order valence-corrected chi connectivity index (χ0v) is 16.8. The Balaban J connectivity index is 1.32. The first-order valence-corrected chi connectivity index (χ1v) is 9.85. The summed E-state index contributed by atoms with van der Waals surface area (Å²) in [7, 11) is 0. The van der Waals surface area contributed by atoms with Crippen molar-refractivity contribution in [3.8, 4) is 5.75 Å². The van der Waals surface area contributed by atoms with Crippen molar-refractivity contribution in [2.45, 2.75) is 6.61 Å². The van der Waals surface area contributed by atoms with E-state index < -0.39 is 0 Å². The predicted molar refractivity (Wildman–Crippen MR) is 121 cm³/mol. The molecule has 0 bridgehead atoms. The number of hydrogen-bond acceptors (Lipinski definition) is 3. The summed E-state index contributed by atoms with van der Waals surface area (Å²) in [6, 6.07) is 28.5. The van der Waals surface area contributed by atoms with E-state index in [0.717, 1.165) is 27.6 Å². The zero-order chi connectivity index (χ0) is 20.8. The molecular weight excluding hydrogens is 396 g/mol. The highest BCUT2D eigenvalue weighted by Crippen LogP contribution is 2.17.